The van der Waals surface area contributed by atoms with Crippen LogP contribution in [0.25, 0.3) is 0 Å². The quantitative estimate of drug-likeness (QED) is 0.856. The van der Waals surface area contributed by atoms with E-state index in [9.17, 15) is 0 Å². The Balaban J connectivity index is 2.08. The van der Waals surface area contributed by atoms with E-state index in [1.165, 1.54) is 43.2 Å². The van der Waals surface area contributed by atoms with Crippen molar-refractivity contribution in [1.29, 1.82) is 0 Å². The molecule has 0 spiro atoms. The number of nitrogens with two attached hydrogens (primary N) is 1. The standard InChI is InChI=1S/C16H24ClN/c1-12-6-7-13(14(17)10-12)11-15(18)16(2)8-4-3-5-9-16/h6-7,10,15H,3-5,8-9,11,18H2,1-2H3. The molecule has 2 rings (SSSR count). The lowest BCUT2D eigenvalue weighted by Gasteiger charge is -2.39. The van der Waals surface area contributed by atoms with Crippen LogP contribution < -0.4 is 5.73 Å². The molecule has 0 aromatic heterocycles. The average molecular weight is 266 g/mol. The number of hydrogen-bond acceptors (Lipinski definition) is 1. The number of aryl methyl sites for hydroxylation is 1. The van der Waals surface area contributed by atoms with Crippen LogP contribution in [-0.4, -0.2) is 6.04 Å². The lowest BCUT2D eigenvalue weighted by atomic mass is 9.69. The van der Waals surface area contributed by atoms with E-state index in [0.29, 0.717) is 5.41 Å². The highest BCUT2D eigenvalue weighted by Gasteiger charge is 2.33. The normalized spacial score (nSPS) is 20.7. The van der Waals surface area contributed by atoms with Gasteiger partial charge in [0.25, 0.3) is 0 Å². The molecule has 0 heterocycles. The molecular formula is C16H24ClN. The topological polar surface area (TPSA) is 26.0 Å². The maximum atomic E-state index is 6.46. The summed E-state index contributed by atoms with van der Waals surface area (Å²) in [6.45, 7) is 4.41. The van der Waals surface area contributed by atoms with Gasteiger partial charge in [-0.1, -0.05) is 49.9 Å². The summed E-state index contributed by atoms with van der Waals surface area (Å²) in [7, 11) is 0. The molecule has 1 aliphatic rings. The summed E-state index contributed by atoms with van der Waals surface area (Å²) in [6.07, 6.45) is 7.44. The maximum absolute atomic E-state index is 6.46. The van der Waals surface area contributed by atoms with E-state index in [-0.39, 0.29) is 6.04 Å². The van der Waals surface area contributed by atoms with Gasteiger partial charge in [0.05, 0.1) is 0 Å². The minimum Gasteiger partial charge on any atom is -0.327 e. The molecule has 0 radical (unpaired) electrons. The van der Waals surface area contributed by atoms with Gasteiger partial charge in [0.15, 0.2) is 0 Å². The van der Waals surface area contributed by atoms with E-state index in [1.54, 1.807) is 0 Å². The smallest absolute Gasteiger partial charge is 0.0441 e. The van der Waals surface area contributed by atoms with Crippen molar-refractivity contribution in [2.45, 2.75) is 58.4 Å². The molecule has 1 atom stereocenters. The zero-order chi connectivity index (χ0) is 13.2. The van der Waals surface area contributed by atoms with Crippen molar-refractivity contribution >= 4 is 11.6 Å². The first kappa shape index (κ1) is 13.9. The van der Waals surface area contributed by atoms with Crippen molar-refractivity contribution in [2.75, 3.05) is 0 Å². The van der Waals surface area contributed by atoms with Crippen LogP contribution >= 0.6 is 11.6 Å². The third kappa shape index (κ3) is 3.07. The average Bonchev–Trinajstić information content (AvgIpc) is 2.33. The fourth-order valence-electron chi connectivity index (χ4n) is 3.03. The van der Waals surface area contributed by atoms with Crippen LogP contribution in [0.1, 0.15) is 50.2 Å². The van der Waals surface area contributed by atoms with Crippen LogP contribution in [0.3, 0.4) is 0 Å². The first-order valence-corrected chi connectivity index (χ1v) is 7.40. The Morgan fingerprint density at radius 2 is 1.94 bits per heavy atom. The van der Waals surface area contributed by atoms with Gasteiger partial charge in [-0.2, -0.15) is 0 Å². The van der Waals surface area contributed by atoms with Crippen LogP contribution in [0.5, 0.6) is 0 Å². The predicted molar refractivity (Wildman–Crippen MR) is 79.1 cm³/mol. The van der Waals surface area contributed by atoms with E-state index < -0.39 is 0 Å². The Morgan fingerprint density at radius 3 is 2.56 bits per heavy atom. The van der Waals surface area contributed by atoms with Gasteiger partial charge in [0, 0.05) is 11.1 Å². The number of benzene rings is 1. The zero-order valence-corrected chi connectivity index (χ0v) is 12.3. The largest absolute Gasteiger partial charge is 0.327 e. The van der Waals surface area contributed by atoms with Gasteiger partial charge < -0.3 is 5.73 Å². The van der Waals surface area contributed by atoms with E-state index in [1.807, 2.05) is 6.07 Å². The van der Waals surface area contributed by atoms with E-state index in [2.05, 4.69) is 26.0 Å². The molecule has 0 aliphatic heterocycles. The van der Waals surface area contributed by atoms with Crippen LogP contribution in [0.2, 0.25) is 5.02 Å². The Labute approximate surface area is 116 Å². The van der Waals surface area contributed by atoms with E-state index >= 15 is 0 Å². The lowest BCUT2D eigenvalue weighted by molar-refractivity contribution is 0.169. The molecule has 1 fully saturated rings. The van der Waals surface area contributed by atoms with E-state index in [0.717, 1.165) is 11.4 Å². The maximum Gasteiger partial charge on any atom is 0.0441 e. The van der Waals surface area contributed by atoms with Gasteiger partial charge >= 0.3 is 0 Å². The summed E-state index contributed by atoms with van der Waals surface area (Å²) < 4.78 is 0. The van der Waals surface area contributed by atoms with Gasteiger partial charge in [-0.15, -0.1) is 0 Å². The fraction of sp³-hybridized carbons (Fsp3) is 0.625. The molecule has 2 N–H and O–H groups in total. The second-order valence-electron chi connectivity index (χ2n) is 6.12. The van der Waals surface area contributed by atoms with Crippen molar-refractivity contribution in [3.05, 3.63) is 34.3 Å². The van der Waals surface area contributed by atoms with Crippen LogP contribution in [0, 0.1) is 12.3 Å². The molecule has 100 valence electrons. The Bertz CT molecular complexity index is 408. The van der Waals surface area contributed by atoms with Crippen LogP contribution in [0.4, 0.5) is 0 Å². The van der Waals surface area contributed by atoms with E-state index in [4.69, 9.17) is 17.3 Å². The summed E-state index contributed by atoms with van der Waals surface area (Å²) >= 11 is 6.30. The van der Waals surface area contributed by atoms with Gasteiger partial charge in [-0.05, 0) is 48.8 Å². The van der Waals surface area contributed by atoms with Gasteiger partial charge in [-0.25, -0.2) is 0 Å². The fourth-order valence-corrected chi connectivity index (χ4v) is 3.34. The van der Waals surface area contributed by atoms with Gasteiger partial charge in [0.1, 0.15) is 0 Å². The molecule has 0 amide bonds. The second kappa shape index (κ2) is 5.63. The number of hydrogen-bond donors (Lipinski definition) is 1. The summed E-state index contributed by atoms with van der Waals surface area (Å²) in [6, 6.07) is 6.51. The van der Waals surface area contributed by atoms with Crippen molar-refractivity contribution in [3.63, 3.8) is 0 Å². The molecule has 1 saturated carbocycles. The minimum absolute atomic E-state index is 0.220. The molecule has 18 heavy (non-hydrogen) atoms. The number of rotatable bonds is 3. The third-order valence-corrected chi connectivity index (χ3v) is 4.89. The van der Waals surface area contributed by atoms with Crippen molar-refractivity contribution in [3.8, 4) is 0 Å². The van der Waals surface area contributed by atoms with Crippen molar-refractivity contribution < 1.29 is 0 Å². The first-order valence-electron chi connectivity index (χ1n) is 7.02. The SMILES string of the molecule is Cc1ccc(CC(N)C2(C)CCCCC2)c(Cl)c1. The monoisotopic (exact) mass is 265 g/mol. The lowest BCUT2D eigenvalue weighted by Crippen LogP contribution is -2.42. The molecule has 0 bridgehead atoms. The Morgan fingerprint density at radius 1 is 1.28 bits per heavy atom. The Kier molecular flexibility index (Phi) is 4.34. The van der Waals surface area contributed by atoms with Gasteiger partial charge in [-0.3, -0.25) is 0 Å². The number of halogens is 1. The molecule has 1 aromatic carbocycles. The second-order valence-corrected chi connectivity index (χ2v) is 6.53. The highest BCUT2D eigenvalue weighted by Crippen LogP contribution is 2.39. The third-order valence-electron chi connectivity index (χ3n) is 4.54. The summed E-state index contributed by atoms with van der Waals surface area (Å²) in [5.74, 6) is 0. The molecule has 1 aliphatic carbocycles. The molecule has 2 heteroatoms. The van der Waals surface area contributed by atoms with Crippen LogP contribution in [-0.2, 0) is 6.42 Å². The molecular weight excluding hydrogens is 242 g/mol. The molecule has 1 nitrogen and oxygen atoms in total. The summed E-state index contributed by atoms with van der Waals surface area (Å²) in [5.41, 5.74) is 9.17. The van der Waals surface area contributed by atoms with Gasteiger partial charge in [0.2, 0.25) is 0 Å². The highest BCUT2D eigenvalue weighted by molar-refractivity contribution is 6.31. The predicted octanol–water partition coefficient (Wildman–Crippen LogP) is 4.49. The highest BCUT2D eigenvalue weighted by atomic mass is 35.5. The summed E-state index contributed by atoms with van der Waals surface area (Å²) in [4.78, 5) is 0. The summed E-state index contributed by atoms with van der Waals surface area (Å²) in [5, 5.41) is 0.866. The van der Waals surface area contributed by atoms with Crippen LogP contribution in [0.15, 0.2) is 18.2 Å². The van der Waals surface area contributed by atoms with Crippen molar-refractivity contribution in [2.24, 2.45) is 11.1 Å². The van der Waals surface area contributed by atoms with Crippen molar-refractivity contribution in [1.82, 2.24) is 0 Å². The molecule has 1 aromatic rings. The zero-order valence-electron chi connectivity index (χ0n) is 11.5. The first-order chi connectivity index (χ1) is 8.51. The molecule has 0 saturated heterocycles. The minimum atomic E-state index is 0.220. The Hall–Kier alpha value is -0.530. The molecule has 1 unspecified atom stereocenters.